The van der Waals surface area contributed by atoms with E-state index in [4.69, 9.17) is 16.3 Å². The van der Waals surface area contributed by atoms with Crippen LogP contribution in [0.4, 0.5) is 0 Å². The second kappa shape index (κ2) is 7.01. The van der Waals surface area contributed by atoms with Crippen molar-refractivity contribution in [1.82, 2.24) is 19.8 Å². The minimum atomic E-state index is -0.348. The highest BCUT2D eigenvalue weighted by Gasteiger charge is 2.15. The summed E-state index contributed by atoms with van der Waals surface area (Å²) in [4.78, 5) is 12.2. The highest BCUT2D eigenvalue weighted by molar-refractivity contribution is 9.10. The van der Waals surface area contributed by atoms with Gasteiger partial charge in [0.25, 0.3) is 0 Å². The summed E-state index contributed by atoms with van der Waals surface area (Å²) in [7, 11) is 1.54. The van der Waals surface area contributed by atoms with E-state index in [1.165, 1.54) is 4.68 Å². The third-order valence-corrected chi connectivity index (χ3v) is 5.08. The van der Waals surface area contributed by atoms with Gasteiger partial charge in [-0.3, -0.25) is 0 Å². The first-order valence-electron chi connectivity index (χ1n) is 7.55. The first kappa shape index (κ1) is 17.7. The maximum atomic E-state index is 12.2. The van der Waals surface area contributed by atoms with Crippen LogP contribution in [0.1, 0.15) is 16.7 Å². The van der Waals surface area contributed by atoms with Gasteiger partial charge in [-0.15, -0.1) is 0 Å². The molecule has 1 heterocycles. The second-order valence-corrected chi connectivity index (χ2v) is 6.95. The van der Waals surface area contributed by atoms with Crippen LogP contribution in [0.2, 0.25) is 5.02 Å². The molecule has 0 spiro atoms. The number of tetrazole rings is 1. The third kappa shape index (κ3) is 3.48. The summed E-state index contributed by atoms with van der Waals surface area (Å²) in [6, 6.07) is 9.25. The van der Waals surface area contributed by atoms with Gasteiger partial charge < -0.3 is 4.74 Å². The number of hydrogen-bond acceptors (Lipinski definition) is 4. The molecule has 0 N–H and O–H groups in total. The molecule has 130 valence electrons. The second-order valence-electron chi connectivity index (χ2n) is 5.69. The SMILES string of the molecule is Cc1cc(OCc2c(Cl)cccc2-n2nnn(C)c2=O)c(C)cc1Br. The molecule has 8 heteroatoms. The molecule has 0 saturated heterocycles. The molecule has 0 bridgehead atoms. The molecule has 3 aromatic rings. The first-order chi connectivity index (χ1) is 11.9. The van der Waals surface area contributed by atoms with Crippen LogP contribution in [0.15, 0.2) is 39.6 Å². The predicted molar refractivity (Wildman–Crippen MR) is 99.6 cm³/mol. The summed E-state index contributed by atoms with van der Waals surface area (Å²) in [6.07, 6.45) is 0. The van der Waals surface area contributed by atoms with E-state index in [-0.39, 0.29) is 12.3 Å². The number of nitrogens with zero attached hydrogens (tertiary/aromatic N) is 4. The monoisotopic (exact) mass is 422 g/mol. The number of aryl methyl sites for hydroxylation is 3. The zero-order valence-electron chi connectivity index (χ0n) is 14.0. The summed E-state index contributed by atoms with van der Waals surface area (Å²) in [5, 5.41) is 8.13. The fraction of sp³-hybridized carbons (Fsp3) is 0.235. The molecule has 1 aromatic heterocycles. The quantitative estimate of drug-likeness (QED) is 0.643. The average molecular weight is 424 g/mol. The average Bonchev–Trinajstić information content (AvgIpc) is 2.90. The Bertz CT molecular complexity index is 997. The summed E-state index contributed by atoms with van der Waals surface area (Å²) >= 11 is 9.85. The van der Waals surface area contributed by atoms with Crippen molar-refractivity contribution in [2.45, 2.75) is 20.5 Å². The molecule has 0 aliphatic heterocycles. The maximum Gasteiger partial charge on any atom is 0.368 e. The maximum absolute atomic E-state index is 12.2. The van der Waals surface area contributed by atoms with Crippen molar-refractivity contribution in [2.24, 2.45) is 7.05 Å². The van der Waals surface area contributed by atoms with E-state index in [0.717, 1.165) is 26.0 Å². The molecule has 0 aliphatic carbocycles. The van der Waals surface area contributed by atoms with Crippen molar-refractivity contribution in [3.05, 3.63) is 67.0 Å². The van der Waals surface area contributed by atoms with Gasteiger partial charge in [-0.2, -0.15) is 9.36 Å². The number of halogens is 2. The predicted octanol–water partition coefficient (Wildman–Crippen LogP) is 3.58. The molecule has 25 heavy (non-hydrogen) atoms. The van der Waals surface area contributed by atoms with Crippen molar-refractivity contribution in [3.8, 4) is 11.4 Å². The van der Waals surface area contributed by atoms with E-state index in [1.54, 1.807) is 25.2 Å². The number of aromatic nitrogens is 4. The van der Waals surface area contributed by atoms with E-state index in [0.29, 0.717) is 16.3 Å². The van der Waals surface area contributed by atoms with Gasteiger partial charge in [0, 0.05) is 22.1 Å². The van der Waals surface area contributed by atoms with E-state index in [9.17, 15) is 4.79 Å². The summed E-state index contributed by atoms with van der Waals surface area (Å²) < 4.78 is 9.38. The molecule has 0 atom stereocenters. The van der Waals surface area contributed by atoms with Crippen molar-refractivity contribution < 1.29 is 4.74 Å². The Balaban J connectivity index is 1.97. The van der Waals surface area contributed by atoms with Crippen LogP contribution in [0, 0.1) is 13.8 Å². The molecule has 0 fully saturated rings. The summed E-state index contributed by atoms with van der Waals surface area (Å²) in [5.41, 5.74) is 2.95. The molecule has 0 saturated carbocycles. The number of ether oxygens (including phenoxy) is 1. The lowest BCUT2D eigenvalue weighted by Gasteiger charge is -2.14. The molecule has 6 nitrogen and oxygen atoms in total. The molecule has 3 rings (SSSR count). The van der Waals surface area contributed by atoms with Gasteiger partial charge in [0.05, 0.1) is 5.69 Å². The normalized spacial score (nSPS) is 10.9. The lowest BCUT2D eigenvalue weighted by Crippen LogP contribution is -2.23. The number of rotatable bonds is 4. The Hall–Kier alpha value is -2.12. The minimum Gasteiger partial charge on any atom is -0.488 e. The number of hydrogen-bond donors (Lipinski definition) is 0. The van der Waals surface area contributed by atoms with Gasteiger partial charge in [0.15, 0.2) is 0 Å². The van der Waals surface area contributed by atoms with Gasteiger partial charge >= 0.3 is 5.69 Å². The molecule has 0 unspecified atom stereocenters. The minimum absolute atomic E-state index is 0.208. The smallest absolute Gasteiger partial charge is 0.368 e. The van der Waals surface area contributed by atoms with Crippen LogP contribution in [0.5, 0.6) is 5.75 Å². The van der Waals surface area contributed by atoms with E-state index in [2.05, 4.69) is 26.4 Å². The lowest BCUT2D eigenvalue weighted by atomic mass is 10.1. The Labute approximate surface area is 158 Å². The molecule has 0 aliphatic rings. The zero-order valence-corrected chi connectivity index (χ0v) is 16.3. The Morgan fingerprint density at radius 1 is 1.20 bits per heavy atom. The molecular weight excluding hydrogens is 408 g/mol. The van der Waals surface area contributed by atoms with E-state index >= 15 is 0 Å². The van der Waals surface area contributed by atoms with Gasteiger partial charge in [-0.1, -0.05) is 33.6 Å². The van der Waals surface area contributed by atoms with Crippen LogP contribution >= 0.6 is 27.5 Å². The first-order valence-corrected chi connectivity index (χ1v) is 8.72. The van der Waals surface area contributed by atoms with Crippen LogP contribution in [0.3, 0.4) is 0 Å². The van der Waals surface area contributed by atoms with Crippen LogP contribution in [-0.4, -0.2) is 19.8 Å². The van der Waals surface area contributed by atoms with Gasteiger partial charge in [0.1, 0.15) is 12.4 Å². The zero-order chi connectivity index (χ0) is 18.1. The van der Waals surface area contributed by atoms with E-state index < -0.39 is 0 Å². The van der Waals surface area contributed by atoms with Gasteiger partial charge in [-0.25, -0.2) is 4.79 Å². The fourth-order valence-corrected chi connectivity index (χ4v) is 3.10. The fourth-order valence-electron chi connectivity index (χ4n) is 2.41. The third-order valence-electron chi connectivity index (χ3n) is 3.87. The van der Waals surface area contributed by atoms with Crippen LogP contribution in [0.25, 0.3) is 5.69 Å². The highest BCUT2D eigenvalue weighted by atomic mass is 79.9. The lowest BCUT2D eigenvalue weighted by molar-refractivity contribution is 0.303. The largest absolute Gasteiger partial charge is 0.488 e. The van der Waals surface area contributed by atoms with Crippen molar-refractivity contribution in [1.29, 1.82) is 0 Å². The number of benzene rings is 2. The Kier molecular flexibility index (Phi) is 4.96. The van der Waals surface area contributed by atoms with E-state index in [1.807, 2.05) is 26.0 Å². The van der Waals surface area contributed by atoms with Crippen molar-refractivity contribution in [3.63, 3.8) is 0 Å². The molecule has 2 aromatic carbocycles. The van der Waals surface area contributed by atoms with Crippen LogP contribution < -0.4 is 10.4 Å². The topological polar surface area (TPSA) is 61.9 Å². The van der Waals surface area contributed by atoms with Crippen LogP contribution in [-0.2, 0) is 13.7 Å². The molecular formula is C17H16BrClN4O2. The van der Waals surface area contributed by atoms with Crippen molar-refractivity contribution in [2.75, 3.05) is 0 Å². The summed E-state index contributed by atoms with van der Waals surface area (Å²) in [6.45, 7) is 4.18. The Morgan fingerprint density at radius 2 is 1.96 bits per heavy atom. The van der Waals surface area contributed by atoms with Crippen molar-refractivity contribution >= 4 is 27.5 Å². The Morgan fingerprint density at radius 3 is 2.64 bits per heavy atom. The molecule has 0 radical (unpaired) electrons. The summed E-state index contributed by atoms with van der Waals surface area (Å²) in [5.74, 6) is 0.762. The molecule has 0 amide bonds. The highest BCUT2D eigenvalue weighted by Crippen LogP contribution is 2.29. The standard InChI is InChI=1S/C17H16BrClN4O2/c1-10-8-16(11(2)7-13(10)18)25-9-12-14(19)5-4-6-15(12)23-17(24)22(3)20-21-23/h4-8H,9H2,1-3H3. The van der Waals surface area contributed by atoms with Gasteiger partial charge in [0.2, 0.25) is 0 Å². The van der Waals surface area contributed by atoms with Gasteiger partial charge in [-0.05, 0) is 59.7 Å².